The lowest BCUT2D eigenvalue weighted by Crippen LogP contribution is -2.14. The molecule has 104 valence electrons. The highest BCUT2D eigenvalue weighted by Gasteiger charge is 2.13. The summed E-state index contributed by atoms with van der Waals surface area (Å²) < 4.78 is 0. The average molecular weight is 279 g/mol. The number of aryl methyl sites for hydroxylation is 1. The molecule has 0 atom stereocenters. The molecule has 0 spiro atoms. The fourth-order valence-corrected chi connectivity index (χ4v) is 2.09. The van der Waals surface area contributed by atoms with Crippen LogP contribution in [0, 0.1) is 6.92 Å². The van der Waals surface area contributed by atoms with Crippen LogP contribution in [0.1, 0.15) is 16.1 Å². The van der Waals surface area contributed by atoms with Crippen LogP contribution in [0.5, 0.6) is 5.75 Å². The molecule has 3 aromatic rings. The Labute approximate surface area is 121 Å². The quantitative estimate of drug-likeness (QED) is 0.707. The molecule has 2 heterocycles. The maximum atomic E-state index is 12.3. The van der Waals surface area contributed by atoms with Gasteiger partial charge < -0.3 is 10.4 Å². The SMILES string of the molecule is Cc1nc2ncccc2cc1C(=O)Nc1ccccc1O. The van der Waals surface area contributed by atoms with Crippen molar-refractivity contribution in [2.75, 3.05) is 5.32 Å². The van der Waals surface area contributed by atoms with Crippen LogP contribution in [0.25, 0.3) is 11.0 Å². The number of carbonyl (C=O) groups is 1. The van der Waals surface area contributed by atoms with Gasteiger partial charge in [-0.25, -0.2) is 9.97 Å². The standard InChI is InChI=1S/C16H13N3O2/c1-10-12(9-11-5-4-8-17-15(11)18-10)16(21)19-13-6-2-3-7-14(13)20/h2-9,20H,1H3,(H,19,21). The van der Waals surface area contributed by atoms with Crippen molar-refractivity contribution in [1.29, 1.82) is 0 Å². The fourth-order valence-electron chi connectivity index (χ4n) is 2.09. The van der Waals surface area contributed by atoms with Crippen LogP contribution in [-0.2, 0) is 0 Å². The molecule has 0 aliphatic carbocycles. The maximum Gasteiger partial charge on any atom is 0.257 e. The van der Waals surface area contributed by atoms with Crippen LogP contribution in [-0.4, -0.2) is 21.0 Å². The molecule has 0 unspecified atom stereocenters. The van der Waals surface area contributed by atoms with Gasteiger partial charge in [0.25, 0.3) is 5.91 Å². The molecule has 0 saturated heterocycles. The van der Waals surface area contributed by atoms with Crippen molar-refractivity contribution in [2.24, 2.45) is 0 Å². The molecular weight excluding hydrogens is 266 g/mol. The minimum Gasteiger partial charge on any atom is -0.506 e. The smallest absolute Gasteiger partial charge is 0.257 e. The summed E-state index contributed by atoms with van der Waals surface area (Å²) in [5.41, 5.74) is 2.02. The number of hydrogen-bond acceptors (Lipinski definition) is 4. The molecule has 0 bridgehead atoms. The lowest BCUT2D eigenvalue weighted by Gasteiger charge is -2.09. The first-order valence-electron chi connectivity index (χ1n) is 6.47. The number of hydrogen-bond donors (Lipinski definition) is 2. The zero-order valence-electron chi connectivity index (χ0n) is 11.4. The molecular formula is C16H13N3O2. The summed E-state index contributed by atoms with van der Waals surface area (Å²) in [5.74, 6) is -0.286. The largest absolute Gasteiger partial charge is 0.506 e. The Balaban J connectivity index is 1.98. The van der Waals surface area contributed by atoms with Gasteiger partial charge in [-0.1, -0.05) is 12.1 Å². The van der Waals surface area contributed by atoms with Crippen LogP contribution >= 0.6 is 0 Å². The highest BCUT2D eigenvalue weighted by Crippen LogP contribution is 2.23. The predicted molar refractivity (Wildman–Crippen MR) is 80.3 cm³/mol. The predicted octanol–water partition coefficient (Wildman–Crippen LogP) is 2.90. The number of amides is 1. The molecule has 0 saturated carbocycles. The van der Waals surface area contributed by atoms with Crippen LogP contribution in [0.15, 0.2) is 48.7 Å². The summed E-state index contributed by atoms with van der Waals surface area (Å²) >= 11 is 0. The Kier molecular flexibility index (Phi) is 3.23. The van der Waals surface area contributed by atoms with E-state index in [1.807, 2.05) is 6.07 Å². The van der Waals surface area contributed by atoms with Crippen molar-refractivity contribution in [3.8, 4) is 5.75 Å². The molecule has 21 heavy (non-hydrogen) atoms. The number of aromatic hydroxyl groups is 1. The summed E-state index contributed by atoms with van der Waals surface area (Å²) in [6.07, 6.45) is 1.66. The highest BCUT2D eigenvalue weighted by atomic mass is 16.3. The molecule has 2 N–H and O–H groups in total. The topological polar surface area (TPSA) is 75.1 Å². The van der Waals surface area contributed by atoms with E-state index in [-0.39, 0.29) is 11.7 Å². The summed E-state index contributed by atoms with van der Waals surface area (Å²) in [5, 5.41) is 13.2. The van der Waals surface area contributed by atoms with Crippen LogP contribution in [0.3, 0.4) is 0 Å². The van der Waals surface area contributed by atoms with Crippen molar-refractivity contribution in [2.45, 2.75) is 6.92 Å². The van der Waals surface area contributed by atoms with Gasteiger partial charge in [-0.15, -0.1) is 0 Å². The molecule has 0 fully saturated rings. The van der Waals surface area contributed by atoms with E-state index in [1.165, 1.54) is 6.07 Å². The van der Waals surface area contributed by atoms with Gasteiger partial charge in [-0.2, -0.15) is 0 Å². The number of benzene rings is 1. The van der Waals surface area contributed by atoms with Gasteiger partial charge in [0.2, 0.25) is 0 Å². The Hall–Kier alpha value is -2.95. The summed E-state index contributed by atoms with van der Waals surface area (Å²) in [6.45, 7) is 1.76. The third-order valence-corrected chi connectivity index (χ3v) is 3.18. The number of aromatic nitrogens is 2. The summed E-state index contributed by atoms with van der Waals surface area (Å²) in [6, 6.07) is 12.0. The Bertz CT molecular complexity index is 831. The van der Waals surface area contributed by atoms with Crippen LogP contribution < -0.4 is 5.32 Å². The number of fused-ring (bicyclic) bond motifs is 1. The van der Waals surface area contributed by atoms with Gasteiger partial charge >= 0.3 is 0 Å². The normalized spacial score (nSPS) is 10.5. The lowest BCUT2D eigenvalue weighted by molar-refractivity contribution is 0.102. The van der Waals surface area contributed by atoms with E-state index in [1.54, 1.807) is 43.5 Å². The van der Waals surface area contributed by atoms with Gasteiger partial charge in [0.05, 0.1) is 16.9 Å². The number of rotatable bonds is 2. The zero-order valence-corrected chi connectivity index (χ0v) is 11.4. The zero-order chi connectivity index (χ0) is 14.8. The van der Waals surface area contributed by atoms with E-state index in [4.69, 9.17) is 0 Å². The second-order valence-corrected chi connectivity index (χ2v) is 4.64. The molecule has 5 heteroatoms. The van der Waals surface area contributed by atoms with Crippen molar-refractivity contribution in [3.63, 3.8) is 0 Å². The number of anilines is 1. The van der Waals surface area contributed by atoms with Gasteiger partial charge in [-0.3, -0.25) is 4.79 Å². The second kappa shape index (κ2) is 5.20. The van der Waals surface area contributed by atoms with Crippen LogP contribution in [0.2, 0.25) is 0 Å². The number of pyridine rings is 2. The number of para-hydroxylation sites is 2. The maximum absolute atomic E-state index is 12.3. The number of carbonyl (C=O) groups excluding carboxylic acids is 1. The molecule has 1 aromatic carbocycles. The number of phenols is 1. The van der Waals surface area contributed by atoms with E-state index in [0.717, 1.165) is 5.39 Å². The Morgan fingerprint density at radius 2 is 2.00 bits per heavy atom. The fraction of sp³-hybridized carbons (Fsp3) is 0.0625. The Morgan fingerprint density at radius 3 is 2.81 bits per heavy atom. The minimum absolute atomic E-state index is 0.0268. The molecule has 5 nitrogen and oxygen atoms in total. The van der Waals surface area contributed by atoms with E-state index in [9.17, 15) is 9.90 Å². The summed E-state index contributed by atoms with van der Waals surface area (Å²) in [4.78, 5) is 20.8. The molecule has 1 amide bonds. The molecule has 0 aliphatic rings. The second-order valence-electron chi connectivity index (χ2n) is 4.64. The third kappa shape index (κ3) is 2.53. The number of nitrogens with zero attached hydrogens (tertiary/aromatic N) is 2. The van der Waals surface area contributed by atoms with E-state index in [2.05, 4.69) is 15.3 Å². The van der Waals surface area contributed by atoms with E-state index in [0.29, 0.717) is 22.6 Å². The number of phenolic OH excluding ortho intramolecular Hbond substituents is 1. The lowest BCUT2D eigenvalue weighted by atomic mass is 10.1. The van der Waals surface area contributed by atoms with Gasteiger partial charge in [0.15, 0.2) is 5.65 Å². The molecule has 2 aromatic heterocycles. The number of nitrogens with one attached hydrogen (secondary N) is 1. The van der Waals surface area contributed by atoms with Crippen LogP contribution in [0.4, 0.5) is 5.69 Å². The first kappa shape index (κ1) is 13.1. The van der Waals surface area contributed by atoms with Crippen molar-refractivity contribution >= 4 is 22.6 Å². The molecule has 3 rings (SSSR count). The van der Waals surface area contributed by atoms with Crippen molar-refractivity contribution in [3.05, 3.63) is 59.9 Å². The van der Waals surface area contributed by atoms with Crippen molar-refractivity contribution < 1.29 is 9.90 Å². The van der Waals surface area contributed by atoms with E-state index >= 15 is 0 Å². The van der Waals surface area contributed by atoms with Gasteiger partial charge in [0.1, 0.15) is 5.75 Å². The first-order chi connectivity index (χ1) is 10.1. The van der Waals surface area contributed by atoms with E-state index < -0.39 is 0 Å². The molecule has 0 radical (unpaired) electrons. The molecule has 0 aliphatic heterocycles. The van der Waals surface area contributed by atoms with Gasteiger partial charge in [-0.05, 0) is 37.3 Å². The average Bonchev–Trinajstić information content (AvgIpc) is 2.49. The van der Waals surface area contributed by atoms with Gasteiger partial charge in [0, 0.05) is 11.6 Å². The minimum atomic E-state index is -0.313. The monoisotopic (exact) mass is 279 g/mol. The summed E-state index contributed by atoms with van der Waals surface area (Å²) in [7, 11) is 0. The first-order valence-corrected chi connectivity index (χ1v) is 6.47. The highest BCUT2D eigenvalue weighted by molar-refractivity contribution is 6.07. The Morgan fingerprint density at radius 1 is 1.19 bits per heavy atom. The van der Waals surface area contributed by atoms with Crippen molar-refractivity contribution in [1.82, 2.24) is 9.97 Å². The third-order valence-electron chi connectivity index (χ3n) is 3.18.